The third-order valence-corrected chi connectivity index (χ3v) is 4.68. The summed E-state index contributed by atoms with van der Waals surface area (Å²) >= 11 is 0. The van der Waals surface area contributed by atoms with Gasteiger partial charge in [0, 0.05) is 30.4 Å². The molecule has 1 aliphatic heterocycles. The first-order valence-corrected chi connectivity index (χ1v) is 9.58. The van der Waals surface area contributed by atoms with Gasteiger partial charge in [0.1, 0.15) is 17.5 Å². The maximum absolute atomic E-state index is 12.4. The molecule has 1 saturated heterocycles. The number of amides is 2. The molecule has 7 nitrogen and oxygen atoms in total. The summed E-state index contributed by atoms with van der Waals surface area (Å²) in [7, 11) is 1.51. The van der Waals surface area contributed by atoms with Gasteiger partial charge in [-0.25, -0.2) is 0 Å². The zero-order chi connectivity index (χ0) is 22.6. The van der Waals surface area contributed by atoms with E-state index in [4.69, 9.17) is 4.74 Å². The fourth-order valence-corrected chi connectivity index (χ4v) is 3.20. The first-order chi connectivity index (χ1) is 14.7. The minimum absolute atomic E-state index is 0.0402. The molecule has 2 amide bonds. The van der Waals surface area contributed by atoms with Crippen molar-refractivity contribution < 1.29 is 32.2 Å². The zero-order valence-corrected chi connectivity index (χ0v) is 17.0. The number of ether oxygens (including phenoxy) is 2. The number of carbonyl (C=O) groups excluding carboxylic acids is 2. The molecule has 0 aromatic heterocycles. The van der Waals surface area contributed by atoms with Crippen molar-refractivity contribution in [3.05, 3.63) is 42.5 Å². The summed E-state index contributed by atoms with van der Waals surface area (Å²) in [6, 6.07) is 9.41. The second kappa shape index (κ2) is 9.15. The Hall–Kier alpha value is -3.43. The number of hydrogen-bond acceptors (Lipinski definition) is 5. The van der Waals surface area contributed by atoms with Gasteiger partial charge < -0.3 is 25.0 Å². The van der Waals surface area contributed by atoms with E-state index in [0.29, 0.717) is 35.8 Å². The second-order valence-electron chi connectivity index (χ2n) is 6.96. The molecule has 1 heterocycles. The maximum Gasteiger partial charge on any atom is 0.573 e. The summed E-state index contributed by atoms with van der Waals surface area (Å²) in [6.45, 7) is 2.27. The molecule has 0 radical (unpaired) electrons. The van der Waals surface area contributed by atoms with Crippen molar-refractivity contribution in [1.29, 1.82) is 0 Å². The van der Waals surface area contributed by atoms with Gasteiger partial charge in [-0.2, -0.15) is 0 Å². The van der Waals surface area contributed by atoms with Crippen LogP contribution in [0.15, 0.2) is 42.5 Å². The van der Waals surface area contributed by atoms with E-state index in [-0.39, 0.29) is 17.6 Å². The van der Waals surface area contributed by atoms with E-state index < -0.39 is 12.4 Å². The van der Waals surface area contributed by atoms with Crippen LogP contribution in [-0.4, -0.2) is 37.9 Å². The largest absolute Gasteiger partial charge is 0.573 e. The Bertz CT molecular complexity index is 948. The number of halogens is 3. The zero-order valence-electron chi connectivity index (χ0n) is 17.0. The van der Waals surface area contributed by atoms with E-state index in [9.17, 15) is 22.8 Å². The van der Waals surface area contributed by atoms with Crippen LogP contribution in [0.2, 0.25) is 0 Å². The molecule has 0 spiro atoms. The lowest BCUT2D eigenvalue weighted by molar-refractivity contribution is -0.274. The highest BCUT2D eigenvalue weighted by Gasteiger charge is 2.31. The van der Waals surface area contributed by atoms with Crippen LogP contribution in [0.25, 0.3) is 0 Å². The number of carbonyl (C=O) groups is 2. The number of nitrogens with zero attached hydrogens (tertiary/aromatic N) is 1. The molecule has 166 valence electrons. The molecule has 2 N–H and O–H groups in total. The number of alkyl halides is 3. The normalized spacial score (nSPS) is 14.9. The Kier molecular flexibility index (Phi) is 6.57. The molecule has 1 fully saturated rings. The van der Waals surface area contributed by atoms with Crippen molar-refractivity contribution in [2.24, 2.45) is 0 Å². The van der Waals surface area contributed by atoms with Crippen molar-refractivity contribution in [3.8, 4) is 11.5 Å². The van der Waals surface area contributed by atoms with Crippen LogP contribution in [-0.2, 0) is 9.59 Å². The molecular weight excluding hydrogens is 415 g/mol. The van der Waals surface area contributed by atoms with Gasteiger partial charge in [0.05, 0.1) is 12.8 Å². The maximum atomic E-state index is 12.4. The highest BCUT2D eigenvalue weighted by atomic mass is 19.4. The third-order valence-electron chi connectivity index (χ3n) is 4.68. The first kappa shape index (κ1) is 22.3. The first-order valence-electron chi connectivity index (χ1n) is 9.58. The summed E-state index contributed by atoms with van der Waals surface area (Å²) < 4.78 is 45.9. The van der Waals surface area contributed by atoms with Crippen molar-refractivity contribution >= 4 is 28.9 Å². The Morgan fingerprint density at radius 2 is 1.81 bits per heavy atom. The average molecular weight is 437 g/mol. The molecule has 0 aliphatic carbocycles. The molecule has 31 heavy (non-hydrogen) atoms. The molecular formula is C21H22F3N3O4. The van der Waals surface area contributed by atoms with Crippen molar-refractivity contribution in [2.45, 2.75) is 32.2 Å². The summed E-state index contributed by atoms with van der Waals surface area (Å²) in [4.78, 5) is 26.1. The van der Waals surface area contributed by atoms with E-state index in [2.05, 4.69) is 15.4 Å². The van der Waals surface area contributed by atoms with Crippen molar-refractivity contribution in [1.82, 2.24) is 0 Å². The number of anilines is 3. The Labute approximate surface area is 177 Å². The van der Waals surface area contributed by atoms with Gasteiger partial charge in [0.2, 0.25) is 11.8 Å². The number of methoxy groups -OCH3 is 1. The number of rotatable bonds is 7. The molecule has 2 aromatic rings. The summed E-state index contributed by atoms with van der Waals surface area (Å²) in [5.41, 5.74) is 1.62. The van der Waals surface area contributed by atoms with Gasteiger partial charge in [-0.1, -0.05) is 0 Å². The van der Waals surface area contributed by atoms with Crippen LogP contribution in [0, 0.1) is 0 Å². The lowest BCUT2D eigenvalue weighted by atomic mass is 10.2. The van der Waals surface area contributed by atoms with E-state index in [1.165, 1.54) is 19.2 Å². The van der Waals surface area contributed by atoms with Gasteiger partial charge in [-0.05, 0) is 49.7 Å². The standard InChI is InChI=1S/C21H22F3N3O4/c1-13(20(29)26-14-5-8-16(9-6-14)31-21(22,23)24)25-15-7-10-17(18(12-15)30-2)27-11-3-4-19(27)28/h5-10,12-13,25H,3-4,11H2,1-2H3,(H,26,29). The van der Waals surface area contributed by atoms with Gasteiger partial charge in [0.15, 0.2) is 0 Å². The second-order valence-corrected chi connectivity index (χ2v) is 6.96. The molecule has 1 atom stereocenters. The van der Waals surface area contributed by atoms with Crippen LogP contribution in [0.4, 0.5) is 30.2 Å². The van der Waals surface area contributed by atoms with Crippen LogP contribution in [0.1, 0.15) is 19.8 Å². The molecule has 1 aliphatic rings. The SMILES string of the molecule is COc1cc(NC(C)C(=O)Nc2ccc(OC(F)(F)F)cc2)ccc1N1CCCC1=O. The van der Waals surface area contributed by atoms with E-state index in [1.807, 2.05) is 0 Å². The van der Waals surface area contributed by atoms with Gasteiger partial charge in [-0.15, -0.1) is 13.2 Å². The molecule has 10 heteroatoms. The van der Waals surface area contributed by atoms with Crippen molar-refractivity contribution in [3.63, 3.8) is 0 Å². The minimum atomic E-state index is -4.78. The van der Waals surface area contributed by atoms with Crippen molar-refractivity contribution in [2.75, 3.05) is 29.2 Å². The third kappa shape index (κ3) is 5.80. The molecule has 1 unspecified atom stereocenters. The monoisotopic (exact) mass is 437 g/mol. The van der Waals surface area contributed by atoms with Gasteiger partial charge in [0.25, 0.3) is 0 Å². The van der Waals surface area contributed by atoms with E-state index >= 15 is 0 Å². The van der Waals surface area contributed by atoms with Crippen LogP contribution in [0.3, 0.4) is 0 Å². The van der Waals surface area contributed by atoms with Crippen LogP contribution < -0.4 is 25.0 Å². The fraction of sp³-hybridized carbons (Fsp3) is 0.333. The molecule has 2 aromatic carbocycles. The van der Waals surface area contributed by atoms with E-state index in [1.54, 1.807) is 30.0 Å². The highest BCUT2D eigenvalue weighted by Crippen LogP contribution is 2.34. The Balaban J connectivity index is 1.62. The lowest BCUT2D eigenvalue weighted by Gasteiger charge is -2.21. The molecule has 3 rings (SSSR count). The fourth-order valence-electron chi connectivity index (χ4n) is 3.20. The predicted molar refractivity (Wildman–Crippen MR) is 109 cm³/mol. The smallest absolute Gasteiger partial charge is 0.494 e. The average Bonchev–Trinajstić information content (AvgIpc) is 3.13. The summed E-state index contributed by atoms with van der Waals surface area (Å²) in [6.07, 6.45) is -3.48. The topological polar surface area (TPSA) is 79.9 Å². The quantitative estimate of drug-likeness (QED) is 0.680. The van der Waals surface area contributed by atoms with Crippen LogP contribution in [0.5, 0.6) is 11.5 Å². The van der Waals surface area contributed by atoms with Crippen LogP contribution >= 0.6 is 0 Å². The van der Waals surface area contributed by atoms with Gasteiger partial charge in [-0.3, -0.25) is 9.59 Å². The summed E-state index contributed by atoms with van der Waals surface area (Å²) in [5, 5.41) is 5.66. The highest BCUT2D eigenvalue weighted by molar-refractivity contribution is 5.98. The number of hydrogen-bond donors (Lipinski definition) is 2. The Morgan fingerprint density at radius 3 is 2.39 bits per heavy atom. The van der Waals surface area contributed by atoms with Gasteiger partial charge >= 0.3 is 6.36 Å². The summed E-state index contributed by atoms with van der Waals surface area (Å²) in [5.74, 6) is -0.214. The minimum Gasteiger partial charge on any atom is -0.494 e. The predicted octanol–water partition coefficient (Wildman–Crippen LogP) is 4.16. The number of nitrogens with one attached hydrogen (secondary N) is 2. The lowest BCUT2D eigenvalue weighted by Crippen LogP contribution is -2.32. The molecule has 0 bridgehead atoms. The number of benzene rings is 2. The van der Waals surface area contributed by atoms with E-state index in [0.717, 1.165) is 18.6 Å². The molecule has 0 saturated carbocycles. The Morgan fingerprint density at radius 1 is 1.13 bits per heavy atom.